The molecule has 6 heterocycles. The number of aromatic nitrogens is 5. The molecule has 9 rings (SSSR count). The number of amides is 2. The van der Waals surface area contributed by atoms with Gasteiger partial charge in [-0.05, 0) is 130 Å². The summed E-state index contributed by atoms with van der Waals surface area (Å²) in [5.41, 5.74) is 5.16. The molecule has 12 nitrogen and oxygen atoms in total. The number of carbonyl (C=O) groups is 2. The number of rotatable bonds is 11. The van der Waals surface area contributed by atoms with Crippen LogP contribution < -0.4 is 15.4 Å². The number of pyridine rings is 2. The summed E-state index contributed by atoms with van der Waals surface area (Å²) < 4.78 is 7.84. The fourth-order valence-corrected chi connectivity index (χ4v) is 7.58. The molecule has 2 saturated heterocycles. The summed E-state index contributed by atoms with van der Waals surface area (Å²) in [4.78, 5) is 47.2. The normalized spacial score (nSPS) is 18.0. The Balaban J connectivity index is 0.000000212. The van der Waals surface area contributed by atoms with Gasteiger partial charge in [-0.25, -0.2) is 15.0 Å². The lowest BCUT2D eigenvalue weighted by Crippen LogP contribution is -2.46. The standard InChI is InChI=1S/C23H26N4O.C21H21N5O2.C2H6.2H2/c28-23(25-19-11-9-18(10-12-19)17-7-8-17)21-5-1-2-14-26(21)16-20-4-3-6-22-24-13-15-27(20)22;27-21(19-5-2-13-26(19)15-20-23-11-3-12-24-20)25-16-6-8-17(9-7-16)28-18-4-1-10-22-14-18;1-2;;/h3-4,6,9-13,15,17,21H,1-2,5,7-8,14,16H2,(H,25,28);1,3-4,6-12,14,19H,2,5,13,15H2,(H,25,27);1-2H3;2*1H/t21-;19-;;;/m11.../s1. The largest absolute Gasteiger partial charge is 0.456 e. The first kappa shape index (κ1) is 40.2. The van der Waals surface area contributed by atoms with Gasteiger partial charge in [0.2, 0.25) is 11.8 Å². The molecule has 1 saturated carbocycles. The zero-order chi connectivity index (χ0) is 40.1. The number of imidazole rings is 1. The van der Waals surface area contributed by atoms with Crippen molar-refractivity contribution in [1.82, 2.24) is 34.1 Å². The summed E-state index contributed by atoms with van der Waals surface area (Å²) in [5, 5.41) is 6.15. The van der Waals surface area contributed by atoms with Crippen molar-refractivity contribution in [2.45, 2.75) is 89.9 Å². The van der Waals surface area contributed by atoms with Gasteiger partial charge in [0, 0.05) is 57.5 Å². The van der Waals surface area contributed by atoms with Crippen LogP contribution in [-0.2, 0) is 22.7 Å². The number of ether oxygens (including phenoxy) is 1. The Labute approximate surface area is 343 Å². The van der Waals surface area contributed by atoms with Gasteiger partial charge in [-0.3, -0.25) is 24.4 Å². The highest BCUT2D eigenvalue weighted by atomic mass is 16.5. The van der Waals surface area contributed by atoms with E-state index in [-0.39, 0.29) is 26.8 Å². The van der Waals surface area contributed by atoms with Gasteiger partial charge in [-0.1, -0.05) is 38.5 Å². The molecule has 4 aromatic heterocycles. The minimum Gasteiger partial charge on any atom is -0.456 e. The zero-order valence-electron chi connectivity index (χ0n) is 33.4. The molecule has 2 aliphatic heterocycles. The van der Waals surface area contributed by atoms with E-state index >= 15 is 0 Å². The highest BCUT2D eigenvalue weighted by Gasteiger charge is 2.32. The molecule has 2 amide bonds. The maximum absolute atomic E-state index is 13.0. The minimum atomic E-state index is -0.171. The summed E-state index contributed by atoms with van der Waals surface area (Å²) >= 11 is 0. The van der Waals surface area contributed by atoms with E-state index < -0.39 is 0 Å². The Morgan fingerprint density at radius 3 is 2.03 bits per heavy atom. The number of carbonyl (C=O) groups excluding carboxylic acids is 2. The average Bonchev–Trinajstić information content (AvgIpc) is 3.81. The molecule has 2 atom stereocenters. The van der Waals surface area contributed by atoms with Crippen molar-refractivity contribution < 1.29 is 17.2 Å². The van der Waals surface area contributed by atoms with E-state index in [1.165, 1.54) is 24.1 Å². The number of nitrogens with zero attached hydrogens (tertiary/aromatic N) is 7. The summed E-state index contributed by atoms with van der Waals surface area (Å²) in [7, 11) is 0. The first-order valence-corrected chi connectivity index (χ1v) is 20.6. The fraction of sp³-hybridized carbons (Fsp3) is 0.348. The number of hydrogen-bond acceptors (Lipinski definition) is 9. The smallest absolute Gasteiger partial charge is 0.241 e. The van der Waals surface area contributed by atoms with Crippen molar-refractivity contribution in [1.29, 1.82) is 0 Å². The van der Waals surface area contributed by atoms with Gasteiger partial charge in [0.1, 0.15) is 23.0 Å². The molecule has 0 radical (unpaired) electrons. The van der Waals surface area contributed by atoms with E-state index in [0.717, 1.165) is 80.5 Å². The van der Waals surface area contributed by atoms with Crippen LogP contribution in [-0.4, -0.2) is 71.1 Å². The molecular formula is C46H57N9O3. The van der Waals surface area contributed by atoms with Crippen molar-refractivity contribution in [3.8, 4) is 11.5 Å². The summed E-state index contributed by atoms with van der Waals surface area (Å²) in [6.45, 7) is 7.15. The fourth-order valence-electron chi connectivity index (χ4n) is 7.58. The number of fused-ring (bicyclic) bond motifs is 1. The van der Waals surface area contributed by atoms with Crippen molar-refractivity contribution in [2.75, 3.05) is 23.7 Å². The second-order valence-electron chi connectivity index (χ2n) is 14.6. The van der Waals surface area contributed by atoms with Gasteiger partial charge in [0.15, 0.2) is 0 Å². The maximum atomic E-state index is 13.0. The number of hydrogen-bond donors (Lipinski definition) is 2. The quantitative estimate of drug-likeness (QED) is 0.132. The topological polar surface area (TPSA) is 130 Å². The van der Waals surface area contributed by atoms with Crippen LogP contribution >= 0.6 is 0 Å². The van der Waals surface area contributed by atoms with Gasteiger partial charge < -0.3 is 19.8 Å². The second-order valence-corrected chi connectivity index (χ2v) is 14.6. The molecule has 0 spiro atoms. The number of piperidine rings is 1. The molecule has 0 bridgehead atoms. The maximum Gasteiger partial charge on any atom is 0.241 e. The third-order valence-electron chi connectivity index (χ3n) is 10.6. The van der Waals surface area contributed by atoms with Crippen molar-refractivity contribution >= 4 is 28.8 Å². The van der Waals surface area contributed by atoms with Crippen molar-refractivity contribution in [3.63, 3.8) is 0 Å². The van der Waals surface area contributed by atoms with Crippen LogP contribution in [0.3, 0.4) is 0 Å². The highest BCUT2D eigenvalue weighted by molar-refractivity contribution is 5.95. The number of nitrogens with one attached hydrogen (secondary N) is 2. The van der Waals surface area contributed by atoms with Crippen LogP contribution in [0.5, 0.6) is 11.5 Å². The predicted octanol–water partition coefficient (Wildman–Crippen LogP) is 8.99. The number of likely N-dealkylation sites (tertiary alicyclic amines) is 2. The van der Waals surface area contributed by atoms with Gasteiger partial charge in [-0.2, -0.15) is 0 Å². The number of anilines is 2. The van der Waals surface area contributed by atoms with Gasteiger partial charge >= 0.3 is 0 Å². The number of benzene rings is 2. The van der Waals surface area contributed by atoms with E-state index in [4.69, 9.17) is 4.74 Å². The van der Waals surface area contributed by atoms with E-state index in [0.29, 0.717) is 18.0 Å². The molecule has 58 heavy (non-hydrogen) atoms. The van der Waals surface area contributed by atoms with Gasteiger partial charge in [0.05, 0.1) is 24.8 Å². The molecule has 0 unspecified atom stereocenters. The molecule has 3 aliphatic rings. The van der Waals surface area contributed by atoms with Crippen molar-refractivity contribution in [3.05, 3.63) is 139 Å². The third kappa shape index (κ3) is 10.7. The Morgan fingerprint density at radius 1 is 0.672 bits per heavy atom. The third-order valence-corrected chi connectivity index (χ3v) is 10.6. The lowest BCUT2D eigenvalue weighted by atomic mass is 10.0. The first-order valence-electron chi connectivity index (χ1n) is 20.6. The molecule has 1 aliphatic carbocycles. The Morgan fingerprint density at radius 2 is 1.34 bits per heavy atom. The van der Waals surface area contributed by atoms with Crippen LogP contribution in [0.15, 0.2) is 122 Å². The van der Waals surface area contributed by atoms with E-state index in [1.54, 1.807) is 30.9 Å². The van der Waals surface area contributed by atoms with Crippen LogP contribution in [0.4, 0.5) is 11.4 Å². The van der Waals surface area contributed by atoms with Crippen molar-refractivity contribution in [2.24, 2.45) is 0 Å². The van der Waals surface area contributed by atoms with Gasteiger partial charge in [-0.15, -0.1) is 0 Å². The molecular weight excluding hydrogens is 727 g/mol. The monoisotopic (exact) mass is 783 g/mol. The van der Waals surface area contributed by atoms with Crippen LogP contribution in [0, 0.1) is 0 Å². The molecule has 304 valence electrons. The molecule has 2 N–H and O–H groups in total. The SMILES string of the molecule is CC.O=C(Nc1ccc(C2CC2)cc1)[C@H]1CCCCN1Cc1cccc2nccn12.O=C(Nc1ccc(Oc2cccnc2)cc1)[C@H]1CCCN1Cc1ncccn1.[HH].[HH]. The summed E-state index contributed by atoms with van der Waals surface area (Å²) in [5.74, 6) is 2.94. The molecule has 12 heteroatoms. The summed E-state index contributed by atoms with van der Waals surface area (Å²) in [6.07, 6.45) is 18.2. The summed E-state index contributed by atoms with van der Waals surface area (Å²) in [6, 6.07) is 27.1. The van der Waals surface area contributed by atoms with E-state index in [2.05, 4.69) is 63.0 Å². The molecule has 2 aromatic carbocycles. The Bertz CT molecular complexity index is 2210. The molecule has 3 fully saturated rings. The van der Waals surface area contributed by atoms with E-state index in [9.17, 15) is 9.59 Å². The van der Waals surface area contributed by atoms with E-state index in [1.807, 2.05) is 86.9 Å². The minimum absolute atomic E-state index is 0. The Kier molecular flexibility index (Phi) is 13.8. The van der Waals surface area contributed by atoms with Gasteiger partial charge in [0.25, 0.3) is 0 Å². The van der Waals surface area contributed by atoms with Crippen LogP contribution in [0.1, 0.15) is 84.6 Å². The highest BCUT2D eigenvalue weighted by Crippen LogP contribution is 2.40. The second kappa shape index (κ2) is 19.9. The van der Waals surface area contributed by atoms with Crippen LogP contribution in [0.2, 0.25) is 0 Å². The average molecular weight is 784 g/mol. The lowest BCUT2D eigenvalue weighted by Gasteiger charge is -2.34. The zero-order valence-corrected chi connectivity index (χ0v) is 33.4. The lowest BCUT2D eigenvalue weighted by molar-refractivity contribution is -0.123. The Hall–Kier alpha value is -5.98. The predicted molar refractivity (Wildman–Crippen MR) is 231 cm³/mol. The van der Waals surface area contributed by atoms with Crippen LogP contribution in [0.25, 0.3) is 5.65 Å². The molecule has 6 aromatic rings. The first-order chi connectivity index (χ1) is 28.6.